The Balaban J connectivity index is 2.38. The molecule has 1 amide bonds. The third kappa shape index (κ3) is 5.33. The smallest absolute Gasteiger partial charge is 0.387 e. The lowest BCUT2D eigenvalue weighted by Crippen LogP contribution is -2.14. The molecule has 0 aliphatic rings. The van der Waals surface area contributed by atoms with Crippen molar-refractivity contribution < 1.29 is 23.0 Å². The van der Waals surface area contributed by atoms with Crippen LogP contribution in [0, 0.1) is 11.3 Å². The summed E-state index contributed by atoms with van der Waals surface area (Å²) in [5.41, 5.74) is -0.0427. The molecule has 0 unspecified atom stereocenters. The SMILES string of the molecule is COc1cccc(/C=C(\C#N)C(=O)Nc2ccc(Cl)cc2Cl)c1OC(F)F. The summed E-state index contributed by atoms with van der Waals surface area (Å²) in [7, 11) is 1.28. The molecule has 27 heavy (non-hydrogen) atoms. The van der Waals surface area contributed by atoms with Gasteiger partial charge in [0.2, 0.25) is 0 Å². The summed E-state index contributed by atoms with van der Waals surface area (Å²) >= 11 is 11.8. The minimum Gasteiger partial charge on any atom is -0.493 e. The van der Waals surface area contributed by atoms with Crippen LogP contribution in [0.2, 0.25) is 10.0 Å². The van der Waals surface area contributed by atoms with Gasteiger partial charge in [-0.1, -0.05) is 35.3 Å². The average molecular weight is 413 g/mol. The zero-order valence-corrected chi connectivity index (χ0v) is 15.3. The Morgan fingerprint density at radius 2 is 2.04 bits per heavy atom. The van der Waals surface area contributed by atoms with Crippen molar-refractivity contribution in [2.75, 3.05) is 12.4 Å². The first kappa shape index (κ1) is 20.5. The molecular weight excluding hydrogens is 401 g/mol. The number of amides is 1. The van der Waals surface area contributed by atoms with Crippen molar-refractivity contribution in [1.29, 1.82) is 5.26 Å². The Morgan fingerprint density at radius 1 is 1.30 bits per heavy atom. The highest BCUT2D eigenvalue weighted by Crippen LogP contribution is 2.34. The Kier molecular flexibility index (Phi) is 6.99. The molecule has 140 valence electrons. The number of methoxy groups -OCH3 is 1. The molecule has 1 N–H and O–H groups in total. The third-order valence-electron chi connectivity index (χ3n) is 3.28. The van der Waals surface area contributed by atoms with Crippen LogP contribution in [0.4, 0.5) is 14.5 Å². The molecule has 5 nitrogen and oxygen atoms in total. The van der Waals surface area contributed by atoms with E-state index in [9.17, 15) is 18.8 Å². The van der Waals surface area contributed by atoms with Gasteiger partial charge in [-0.15, -0.1) is 0 Å². The Morgan fingerprint density at radius 3 is 2.63 bits per heavy atom. The molecule has 2 rings (SSSR count). The predicted molar refractivity (Wildman–Crippen MR) is 98.3 cm³/mol. The van der Waals surface area contributed by atoms with Crippen molar-refractivity contribution in [1.82, 2.24) is 0 Å². The van der Waals surface area contributed by atoms with Crippen molar-refractivity contribution in [3.63, 3.8) is 0 Å². The largest absolute Gasteiger partial charge is 0.493 e. The Hall–Kier alpha value is -2.82. The van der Waals surface area contributed by atoms with E-state index < -0.39 is 12.5 Å². The number of hydrogen-bond donors (Lipinski definition) is 1. The highest BCUT2D eigenvalue weighted by molar-refractivity contribution is 6.36. The number of halogens is 4. The van der Waals surface area contributed by atoms with Crippen molar-refractivity contribution >= 4 is 40.9 Å². The van der Waals surface area contributed by atoms with Crippen LogP contribution in [0.3, 0.4) is 0 Å². The van der Waals surface area contributed by atoms with Gasteiger partial charge in [-0.05, 0) is 30.3 Å². The van der Waals surface area contributed by atoms with Crippen molar-refractivity contribution in [3.8, 4) is 17.6 Å². The Labute approximate surface area is 163 Å². The number of para-hydroxylation sites is 1. The fourth-order valence-corrected chi connectivity index (χ4v) is 2.56. The molecule has 0 spiro atoms. The van der Waals surface area contributed by atoms with E-state index in [0.29, 0.717) is 5.02 Å². The van der Waals surface area contributed by atoms with Gasteiger partial charge in [-0.25, -0.2) is 0 Å². The maximum absolute atomic E-state index is 12.7. The first-order chi connectivity index (χ1) is 12.8. The van der Waals surface area contributed by atoms with E-state index in [0.717, 1.165) is 6.08 Å². The number of anilines is 1. The number of nitrogens with one attached hydrogen (secondary N) is 1. The van der Waals surface area contributed by atoms with Crippen LogP contribution >= 0.6 is 23.2 Å². The standard InChI is InChI=1S/C18H12Cl2F2N2O3/c1-26-15-4-2-3-10(16(15)27-18(21)22)7-11(9-23)17(25)24-14-6-5-12(19)8-13(14)20/h2-8,18H,1H3,(H,24,25)/b11-7+. The minimum atomic E-state index is -3.11. The molecule has 2 aromatic carbocycles. The number of hydrogen-bond acceptors (Lipinski definition) is 4. The topological polar surface area (TPSA) is 71.3 Å². The first-order valence-corrected chi connectivity index (χ1v) is 8.11. The zero-order chi connectivity index (χ0) is 20.0. The van der Waals surface area contributed by atoms with Crippen LogP contribution in [0.5, 0.6) is 11.5 Å². The van der Waals surface area contributed by atoms with E-state index in [1.165, 1.54) is 43.5 Å². The van der Waals surface area contributed by atoms with Gasteiger partial charge < -0.3 is 14.8 Å². The normalized spacial score (nSPS) is 11.1. The molecule has 0 aliphatic carbocycles. The van der Waals surface area contributed by atoms with Gasteiger partial charge in [0.05, 0.1) is 17.8 Å². The van der Waals surface area contributed by atoms with Crippen LogP contribution in [-0.4, -0.2) is 19.6 Å². The fraction of sp³-hybridized carbons (Fsp3) is 0.111. The van der Waals surface area contributed by atoms with Gasteiger partial charge in [-0.3, -0.25) is 4.79 Å². The lowest BCUT2D eigenvalue weighted by molar-refractivity contribution is -0.112. The summed E-state index contributed by atoms with van der Waals surface area (Å²) < 4.78 is 34.8. The Bertz CT molecular complexity index is 927. The van der Waals surface area contributed by atoms with Gasteiger partial charge in [0.25, 0.3) is 5.91 Å². The number of alkyl halides is 2. The number of carbonyl (C=O) groups is 1. The van der Waals surface area contributed by atoms with Crippen LogP contribution < -0.4 is 14.8 Å². The second-order valence-electron chi connectivity index (χ2n) is 5.01. The number of ether oxygens (including phenoxy) is 2. The summed E-state index contributed by atoms with van der Waals surface area (Å²) in [5.74, 6) is -1.05. The summed E-state index contributed by atoms with van der Waals surface area (Å²) in [4.78, 5) is 12.4. The molecular formula is C18H12Cl2F2N2O3. The fourth-order valence-electron chi connectivity index (χ4n) is 2.11. The maximum Gasteiger partial charge on any atom is 0.387 e. The highest BCUT2D eigenvalue weighted by atomic mass is 35.5. The molecule has 0 aromatic heterocycles. The maximum atomic E-state index is 12.7. The van der Waals surface area contributed by atoms with Crippen molar-refractivity contribution in [2.24, 2.45) is 0 Å². The van der Waals surface area contributed by atoms with Crippen molar-refractivity contribution in [3.05, 3.63) is 57.6 Å². The molecule has 2 aromatic rings. The monoisotopic (exact) mass is 412 g/mol. The minimum absolute atomic E-state index is 0.0301. The summed E-state index contributed by atoms with van der Waals surface area (Å²) in [6, 6.07) is 10.4. The molecule has 0 fully saturated rings. The highest BCUT2D eigenvalue weighted by Gasteiger charge is 2.17. The van der Waals surface area contributed by atoms with Gasteiger partial charge in [-0.2, -0.15) is 14.0 Å². The lowest BCUT2D eigenvalue weighted by Gasteiger charge is -2.13. The molecule has 0 atom stereocenters. The van der Waals surface area contributed by atoms with E-state index >= 15 is 0 Å². The number of carbonyl (C=O) groups excluding carboxylic acids is 1. The van der Waals surface area contributed by atoms with E-state index in [-0.39, 0.29) is 33.3 Å². The molecule has 9 heteroatoms. The van der Waals surface area contributed by atoms with Gasteiger partial charge >= 0.3 is 6.61 Å². The van der Waals surface area contributed by atoms with Crippen molar-refractivity contribution in [2.45, 2.75) is 6.61 Å². The molecule has 0 bridgehead atoms. The van der Waals surface area contributed by atoms with E-state index in [1.54, 1.807) is 6.07 Å². The molecule has 0 saturated carbocycles. The van der Waals surface area contributed by atoms with Gasteiger partial charge in [0, 0.05) is 10.6 Å². The molecule has 0 aliphatic heterocycles. The van der Waals surface area contributed by atoms with E-state index in [1.807, 2.05) is 0 Å². The average Bonchev–Trinajstić information content (AvgIpc) is 2.62. The quantitative estimate of drug-likeness (QED) is 0.525. The molecule has 0 saturated heterocycles. The zero-order valence-electron chi connectivity index (χ0n) is 13.8. The van der Waals surface area contributed by atoms with Gasteiger partial charge in [0.1, 0.15) is 11.6 Å². The van der Waals surface area contributed by atoms with Crippen LogP contribution in [0.15, 0.2) is 42.0 Å². The second-order valence-corrected chi connectivity index (χ2v) is 5.85. The molecule has 0 radical (unpaired) electrons. The number of benzene rings is 2. The first-order valence-electron chi connectivity index (χ1n) is 7.35. The summed E-state index contributed by atoms with van der Waals surface area (Å²) in [6.45, 7) is -3.11. The third-order valence-corrected chi connectivity index (χ3v) is 3.83. The number of nitriles is 1. The van der Waals surface area contributed by atoms with Crippen LogP contribution in [0.1, 0.15) is 5.56 Å². The lowest BCUT2D eigenvalue weighted by atomic mass is 10.1. The predicted octanol–water partition coefficient (Wildman–Crippen LogP) is 5.15. The number of nitrogens with zero attached hydrogens (tertiary/aromatic N) is 1. The summed E-state index contributed by atoms with van der Waals surface area (Å²) in [6.07, 6.45) is 1.11. The second kappa shape index (κ2) is 9.21. The van der Waals surface area contributed by atoms with E-state index in [4.69, 9.17) is 27.9 Å². The summed E-state index contributed by atoms with van der Waals surface area (Å²) in [5, 5.41) is 12.3. The van der Waals surface area contributed by atoms with E-state index in [2.05, 4.69) is 10.1 Å². The van der Waals surface area contributed by atoms with Crippen LogP contribution in [-0.2, 0) is 4.79 Å². The van der Waals surface area contributed by atoms with Gasteiger partial charge in [0.15, 0.2) is 11.5 Å². The molecule has 0 heterocycles. The number of rotatable bonds is 6. The van der Waals surface area contributed by atoms with Crippen LogP contribution in [0.25, 0.3) is 6.08 Å².